The molecule has 2 bridgehead atoms. The second-order valence-electron chi connectivity index (χ2n) is 10.2. The number of carbonyl (C=O) groups is 2. The third kappa shape index (κ3) is 3.62. The van der Waals surface area contributed by atoms with Gasteiger partial charge >= 0.3 is 11.9 Å². The SMILES string of the molecule is C=C1[C@@H](OC(C)=O)CC[C@]2(C)[C@@H]1C[C@@H]1C[C@H](OC(C)=O)C(C)=C([C@@H](O)[C@@H]2O)C1(C)C. The van der Waals surface area contributed by atoms with E-state index in [1.807, 2.05) is 13.8 Å². The normalized spacial score (nSPS) is 40.7. The van der Waals surface area contributed by atoms with Gasteiger partial charge in [-0.3, -0.25) is 9.59 Å². The van der Waals surface area contributed by atoms with Gasteiger partial charge in [0.1, 0.15) is 18.3 Å². The summed E-state index contributed by atoms with van der Waals surface area (Å²) < 4.78 is 11.1. The van der Waals surface area contributed by atoms with Crippen molar-refractivity contribution in [2.45, 2.75) is 91.6 Å². The molecule has 7 atom stereocenters. The van der Waals surface area contributed by atoms with Gasteiger partial charge in [0.15, 0.2) is 0 Å². The van der Waals surface area contributed by atoms with Crippen LogP contribution in [0.5, 0.6) is 0 Å². The summed E-state index contributed by atoms with van der Waals surface area (Å²) in [6.45, 7) is 15.2. The number of fused-ring (bicyclic) bond motifs is 3. The van der Waals surface area contributed by atoms with Crippen molar-refractivity contribution in [1.29, 1.82) is 0 Å². The molecule has 3 aliphatic rings. The van der Waals surface area contributed by atoms with Gasteiger partial charge in [-0.1, -0.05) is 27.4 Å². The Morgan fingerprint density at radius 3 is 2.17 bits per heavy atom. The van der Waals surface area contributed by atoms with E-state index in [0.717, 1.165) is 23.1 Å². The first-order valence-electron chi connectivity index (χ1n) is 10.9. The molecule has 0 unspecified atom stereocenters. The molecule has 6 heteroatoms. The first-order chi connectivity index (χ1) is 13.8. The van der Waals surface area contributed by atoms with Gasteiger partial charge in [0.25, 0.3) is 0 Å². The van der Waals surface area contributed by atoms with Gasteiger partial charge in [-0.05, 0) is 66.6 Å². The summed E-state index contributed by atoms with van der Waals surface area (Å²) in [6, 6.07) is 0. The Labute approximate surface area is 179 Å². The summed E-state index contributed by atoms with van der Waals surface area (Å²) in [5.41, 5.74) is 1.47. The minimum absolute atomic E-state index is 0.111. The van der Waals surface area contributed by atoms with Crippen LogP contribution in [0.2, 0.25) is 0 Å². The molecule has 3 aliphatic carbocycles. The van der Waals surface area contributed by atoms with Crippen LogP contribution in [0, 0.1) is 22.7 Å². The van der Waals surface area contributed by atoms with Crippen LogP contribution in [-0.2, 0) is 19.1 Å². The number of hydrogen-bond acceptors (Lipinski definition) is 6. The fourth-order valence-corrected chi connectivity index (χ4v) is 6.34. The minimum Gasteiger partial charge on any atom is -0.458 e. The smallest absolute Gasteiger partial charge is 0.303 e. The molecule has 0 aromatic rings. The lowest BCUT2D eigenvalue weighted by molar-refractivity contribution is -0.153. The maximum atomic E-state index is 11.7. The second kappa shape index (κ2) is 7.79. The average Bonchev–Trinajstić information content (AvgIpc) is 2.62. The van der Waals surface area contributed by atoms with E-state index in [4.69, 9.17) is 9.47 Å². The minimum atomic E-state index is -1.06. The number of aliphatic hydroxyl groups is 2. The zero-order valence-electron chi connectivity index (χ0n) is 19.0. The molecule has 0 heterocycles. The van der Waals surface area contributed by atoms with E-state index in [1.165, 1.54) is 13.8 Å². The van der Waals surface area contributed by atoms with Crippen molar-refractivity contribution in [2.24, 2.45) is 22.7 Å². The molecular weight excluding hydrogens is 384 g/mol. The van der Waals surface area contributed by atoms with Gasteiger partial charge in [-0.15, -0.1) is 0 Å². The molecule has 0 aliphatic heterocycles. The van der Waals surface area contributed by atoms with E-state index in [-0.39, 0.29) is 35.3 Å². The van der Waals surface area contributed by atoms with Gasteiger partial charge in [-0.25, -0.2) is 0 Å². The van der Waals surface area contributed by atoms with Gasteiger partial charge in [0.2, 0.25) is 0 Å². The molecule has 0 aromatic carbocycles. The molecule has 168 valence electrons. The zero-order valence-corrected chi connectivity index (χ0v) is 19.0. The summed E-state index contributed by atoms with van der Waals surface area (Å²) in [5, 5.41) is 22.8. The van der Waals surface area contributed by atoms with Gasteiger partial charge in [0, 0.05) is 19.3 Å². The summed E-state index contributed by atoms with van der Waals surface area (Å²) in [6.07, 6.45) is -0.274. The molecule has 3 rings (SSSR count). The number of hydrogen-bond donors (Lipinski definition) is 2. The Bertz CT molecular complexity index is 781. The first kappa shape index (κ1) is 23.0. The van der Waals surface area contributed by atoms with Gasteiger partial charge < -0.3 is 19.7 Å². The van der Waals surface area contributed by atoms with Gasteiger partial charge in [0.05, 0.1) is 6.10 Å². The maximum absolute atomic E-state index is 11.7. The summed E-state index contributed by atoms with van der Waals surface area (Å²) >= 11 is 0. The fourth-order valence-electron chi connectivity index (χ4n) is 6.34. The molecule has 2 N–H and O–H groups in total. The lowest BCUT2D eigenvalue weighted by atomic mass is 9.50. The van der Waals surface area contributed by atoms with Crippen LogP contribution in [-0.4, -0.2) is 46.6 Å². The molecular formula is C24H36O6. The van der Waals surface area contributed by atoms with E-state index in [9.17, 15) is 19.8 Å². The molecule has 2 fully saturated rings. The van der Waals surface area contributed by atoms with Crippen molar-refractivity contribution < 1.29 is 29.3 Å². The molecule has 0 spiro atoms. The predicted octanol–water partition coefficient (Wildman–Crippen LogP) is 3.31. The molecule has 2 saturated carbocycles. The number of aliphatic hydroxyl groups excluding tert-OH is 2. The van der Waals surface area contributed by atoms with Crippen LogP contribution >= 0.6 is 0 Å². The maximum Gasteiger partial charge on any atom is 0.303 e. The Morgan fingerprint density at radius 2 is 1.60 bits per heavy atom. The molecule has 0 aromatic heterocycles. The monoisotopic (exact) mass is 420 g/mol. The fraction of sp³-hybridized carbons (Fsp3) is 0.750. The van der Waals surface area contributed by atoms with Crippen molar-refractivity contribution in [2.75, 3.05) is 0 Å². The van der Waals surface area contributed by atoms with Crippen molar-refractivity contribution in [3.05, 3.63) is 23.3 Å². The van der Waals surface area contributed by atoms with Crippen LogP contribution in [0.3, 0.4) is 0 Å². The van der Waals surface area contributed by atoms with Gasteiger partial charge in [-0.2, -0.15) is 0 Å². The number of rotatable bonds is 2. The molecule has 0 amide bonds. The predicted molar refractivity (Wildman–Crippen MR) is 112 cm³/mol. The van der Waals surface area contributed by atoms with Crippen molar-refractivity contribution in [1.82, 2.24) is 0 Å². The highest BCUT2D eigenvalue weighted by molar-refractivity contribution is 5.67. The topological polar surface area (TPSA) is 93.1 Å². The molecule has 6 nitrogen and oxygen atoms in total. The lowest BCUT2D eigenvalue weighted by Crippen LogP contribution is -2.57. The van der Waals surface area contributed by atoms with Crippen LogP contribution < -0.4 is 0 Å². The van der Waals surface area contributed by atoms with Crippen LogP contribution in [0.25, 0.3) is 0 Å². The average molecular weight is 421 g/mol. The van der Waals surface area contributed by atoms with Crippen LogP contribution in [0.4, 0.5) is 0 Å². The summed E-state index contributed by atoms with van der Waals surface area (Å²) in [7, 11) is 0. The van der Waals surface area contributed by atoms with E-state index < -0.39 is 23.7 Å². The van der Waals surface area contributed by atoms with E-state index in [0.29, 0.717) is 19.3 Å². The third-order valence-corrected chi connectivity index (χ3v) is 8.13. The number of esters is 2. The summed E-state index contributed by atoms with van der Waals surface area (Å²) in [5.74, 6) is -0.710. The first-order valence-corrected chi connectivity index (χ1v) is 10.9. The molecule has 0 saturated heterocycles. The van der Waals surface area contributed by atoms with Crippen molar-refractivity contribution >= 4 is 11.9 Å². The standard InChI is InChI=1S/C24H36O6/c1-12-17-10-16-11-19(30-15(4)26)13(2)20(23(16,5)6)21(27)22(28)24(17,7)9-8-18(12)29-14(3)25/h16-19,21-22,27-28H,1,8-11H2,2-7H3/t16-,17-,18+,19+,21-,22+,24-/m1/s1. The highest BCUT2D eigenvalue weighted by Crippen LogP contribution is 2.59. The van der Waals surface area contributed by atoms with Crippen molar-refractivity contribution in [3.63, 3.8) is 0 Å². The molecule has 0 radical (unpaired) electrons. The Hall–Kier alpha value is -1.66. The quantitative estimate of drug-likeness (QED) is 0.526. The lowest BCUT2D eigenvalue weighted by Gasteiger charge is -2.57. The van der Waals surface area contributed by atoms with E-state index in [2.05, 4.69) is 20.4 Å². The second-order valence-corrected chi connectivity index (χ2v) is 10.2. The van der Waals surface area contributed by atoms with Crippen LogP contribution in [0.1, 0.15) is 67.2 Å². The zero-order chi connectivity index (χ0) is 22.6. The van der Waals surface area contributed by atoms with Crippen LogP contribution in [0.15, 0.2) is 23.3 Å². The number of carbonyl (C=O) groups excluding carboxylic acids is 2. The largest absolute Gasteiger partial charge is 0.458 e. The third-order valence-electron chi connectivity index (χ3n) is 8.13. The van der Waals surface area contributed by atoms with E-state index in [1.54, 1.807) is 0 Å². The highest BCUT2D eigenvalue weighted by Gasteiger charge is 2.57. The highest BCUT2D eigenvalue weighted by atomic mass is 16.5. The Kier molecular flexibility index (Phi) is 5.98. The van der Waals surface area contributed by atoms with E-state index >= 15 is 0 Å². The Morgan fingerprint density at radius 1 is 1.03 bits per heavy atom. The number of ether oxygens (including phenoxy) is 2. The van der Waals surface area contributed by atoms with Crippen molar-refractivity contribution in [3.8, 4) is 0 Å². The molecule has 30 heavy (non-hydrogen) atoms. The Balaban J connectivity index is 2.09. The summed E-state index contributed by atoms with van der Waals surface area (Å²) in [4.78, 5) is 23.3.